The lowest BCUT2D eigenvalue weighted by Gasteiger charge is -2.23. The van der Waals surface area contributed by atoms with Crippen molar-refractivity contribution in [1.82, 2.24) is 15.1 Å². The SMILES string of the molecule is O=C(Nc1nnc(CSc2ccccc2)s1)[C@@H]1CC(=O)N(C2CCCC2)C1. The molecule has 8 heteroatoms. The van der Waals surface area contributed by atoms with Crippen LogP contribution in [0, 0.1) is 5.92 Å². The predicted molar refractivity (Wildman–Crippen MR) is 107 cm³/mol. The Balaban J connectivity index is 1.29. The Morgan fingerprint density at radius 3 is 2.78 bits per heavy atom. The Morgan fingerprint density at radius 1 is 1.22 bits per heavy atom. The molecule has 1 saturated heterocycles. The van der Waals surface area contributed by atoms with Crippen molar-refractivity contribution in [3.63, 3.8) is 0 Å². The Bertz CT molecular complexity index is 805. The summed E-state index contributed by atoms with van der Waals surface area (Å²) in [6.45, 7) is 0.533. The number of aromatic nitrogens is 2. The molecule has 0 spiro atoms. The summed E-state index contributed by atoms with van der Waals surface area (Å²) in [4.78, 5) is 27.9. The van der Waals surface area contributed by atoms with Crippen LogP contribution in [0.5, 0.6) is 0 Å². The first-order chi connectivity index (χ1) is 13.2. The van der Waals surface area contributed by atoms with E-state index in [1.165, 1.54) is 29.1 Å². The lowest BCUT2D eigenvalue weighted by atomic mass is 10.1. The van der Waals surface area contributed by atoms with Gasteiger partial charge in [-0.15, -0.1) is 22.0 Å². The standard InChI is InChI=1S/C19H22N4O2S2/c24-17-10-13(11-23(17)14-6-4-5-7-14)18(25)20-19-22-21-16(27-19)12-26-15-8-2-1-3-9-15/h1-3,8-9,13-14H,4-7,10-12H2,(H,20,22,25)/t13-/m1/s1. The molecule has 0 radical (unpaired) electrons. The summed E-state index contributed by atoms with van der Waals surface area (Å²) in [6, 6.07) is 10.4. The first-order valence-electron chi connectivity index (χ1n) is 9.29. The maximum absolute atomic E-state index is 12.6. The Labute approximate surface area is 166 Å². The van der Waals surface area contributed by atoms with Crippen LogP contribution >= 0.6 is 23.1 Å². The maximum atomic E-state index is 12.6. The molecule has 27 heavy (non-hydrogen) atoms. The number of likely N-dealkylation sites (tertiary alicyclic amines) is 1. The fourth-order valence-corrected chi connectivity index (χ4v) is 5.36. The smallest absolute Gasteiger partial charge is 0.231 e. The van der Waals surface area contributed by atoms with Gasteiger partial charge in [-0.05, 0) is 25.0 Å². The second-order valence-electron chi connectivity index (χ2n) is 6.98. The molecule has 4 rings (SSSR count). The molecule has 2 aliphatic rings. The molecule has 1 N–H and O–H groups in total. The number of anilines is 1. The van der Waals surface area contributed by atoms with E-state index in [1.807, 2.05) is 23.1 Å². The van der Waals surface area contributed by atoms with Crippen molar-refractivity contribution in [1.29, 1.82) is 0 Å². The number of hydrogen-bond donors (Lipinski definition) is 1. The third-order valence-electron chi connectivity index (χ3n) is 5.10. The Morgan fingerprint density at radius 2 is 2.00 bits per heavy atom. The zero-order valence-electron chi connectivity index (χ0n) is 15.0. The highest BCUT2D eigenvalue weighted by Gasteiger charge is 2.38. The summed E-state index contributed by atoms with van der Waals surface area (Å²) in [5, 5.41) is 12.5. The molecular weight excluding hydrogens is 380 g/mol. The van der Waals surface area contributed by atoms with Gasteiger partial charge in [0.25, 0.3) is 0 Å². The third kappa shape index (κ3) is 4.50. The molecule has 142 valence electrons. The van der Waals surface area contributed by atoms with Crippen LogP contribution in [-0.4, -0.2) is 39.5 Å². The first kappa shape index (κ1) is 18.4. The van der Waals surface area contributed by atoms with E-state index in [0.29, 0.717) is 24.1 Å². The van der Waals surface area contributed by atoms with Gasteiger partial charge in [-0.1, -0.05) is 42.4 Å². The summed E-state index contributed by atoms with van der Waals surface area (Å²) >= 11 is 3.08. The molecule has 0 unspecified atom stereocenters. The minimum atomic E-state index is -0.288. The van der Waals surface area contributed by atoms with Gasteiger partial charge in [0.05, 0.1) is 11.7 Å². The van der Waals surface area contributed by atoms with Gasteiger partial charge in [0.15, 0.2) is 0 Å². The van der Waals surface area contributed by atoms with Crippen molar-refractivity contribution >= 4 is 40.0 Å². The van der Waals surface area contributed by atoms with Crippen LogP contribution in [0.3, 0.4) is 0 Å². The fourth-order valence-electron chi connectivity index (χ4n) is 3.71. The van der Waals surface area contributed by atoms with E-state index in [-0.39, 0.29) is 17.7 Å². The lowest BCUT2D eigenvalue weighted by molar-refractivity contribution is -0.129. The van der Waals surface area contributed by atoms with Crippen LogP contribution in [0.2, 0.25) is 0 Å². The van der Waals surface area contributed by atoms with Crippen molar-refractivity contribution in [2.75, 3.05) is 11.9 Å². The summed E-state index contributed by atoms with van der Waals surface area (Å²) in [5.74, 6) is 0.417. The molecule has 0 bridgehead atoms. The van der Waals surface area contributed by atoms with Crippen LogP contribution in [0.15, 0.2) is 35.2 Å². The van der Waals surface area contributed by atoms with Gasteiger partial charge in [0, 0.05) is 23.9 Å². The zero-order valence-corrected chi connectivity index (χ0v) is 16.6. The second kappa shape index (κ2) is 8.39. The number of amides is 2. The molecule has 1 aromatic heterocycles. The molecule has 2 aromatic rings. The highest BCUT2D eigenvalue weighted by Crippen LogP contribution is 2.30. The topological polar surface area (TPSA) is 75.2 Å². The van der Waals surface area contributed by atoms with Gasteiger partial charge in [-0.2, -0.15) is 0 Å². The fraction of sp³-hybridized carbons (Fsp3) is 0.474. The van der Waals surface area contributed by atoms with Crippen LogP contribution in [0.25, 0.3) is 0 Å². The van der Waals surface area contributed by atoms with Gasteiger partial charge in [-0.3, -0.25) is 9.59 Å². The van der Waals surface area contributed by atoms with E-state index in [1.54, 1.807) is 11.8 Å². The number of rotatable bonds is 6. The molecule has 6 nitrogen and oxygen atoms in total. The summed E-state index contributed by atoms with van der Waals surface area (Å²) in [6.07, 6.45) is 4.80. The first-order valence-corrected chi connectivity index (χ1v) is 11.1. The van der Waals surface area contributed by atoms with Crippen LogP contribution in [0.4, 0.5) is 5.13 Å². The number of nitrogens with zero attached hydrogens (tertiary/aromatic N) is 3. The third-order valence-corrected chi connectivity index (χ3v) is 7.14. The monoisotopic (exact) mass is 402 g/mol. The Hall–Kier alpha value is -1.93. The van der Waals surface area contributed by atoms with E-state index in [0.717, 1.165) is 23.6 Å². The van der Waals surface area contributed by atoms with E-state index >= 15 is 0 Å². The molecule has 1 saturated carbocycles. The van der Waals surface area contributed by atoms with Crippen molar-refractivity contribution in [3.05, 3.63) is 35.3 Å². The largest absolute Gasteiger partial charge is 0.339 e. The molecule has 1 atom stereocenters. The highest BCUT2D eigenvalue weighted by atomic mass is 32.2. The Kier molecular flexibility index (Phi) is 5.73. The van der Waals surface area contributed by atoms with Crippen LogP contribution in [0.1, 0.15) is 37.1 Å². The number of thioether (sulfide) groups is 1. The molecule has 2 fully saturated rings. The van der Waals surface area contributed by atoms with Crippen LogP contribution < -0.4 is 5.32 Å². The summed E-state index contributed by atoms with van der Waals surface area (Å²) in [5.41, 5.74) is 0. The van der Waals surface area contributed by atoms with Gasteiger partial charge in [0.1, 0.15) is 5.01 Å². The van der Waals surface area contributed by atoms with E-state index in [2.05, 4.69) is 27.6 Å². The number of hydrogen-bond acceptors (Lipinski definition) is 6. The molecule has 1 aliphatic carbocycles. The minimum absolute atomic E-state index is 0.110. The van der Waals surface area contributed by atoms with Gasteiger partial charge in [-0.25, -0.2) is 0 Å². The average molecular weight is 403 g/mol. The zero-order chi connectivity index (χ0) is 18.6. The van der Waals surface area contributed by atoms with Gasteiger partial charge >= 0.3 is 0 Å². The number of carbonyl (C=O) groups is 2. The van der Waals surface area contributed by atoms with E-state index in [9.17, 15) is 9.59 Å². The minimum Gasteiger partial charge on any atom is -0.339 e. The molecular formula is C19H22N4O2S2. The molecule has 2 amide bonds. The normalized spacial score (nSPS) is 20.4. The van der Waals surface area contributed by atoms with Crippen molar-refractivity contribution in [3.8, 4) is 0 Å². The average Bonchev–Trinajstić information content (AvgIpc) is 3.41. The molecule has 2 heterocycles. The van der Waals surface area contributed by atoms with Crippen LogP contribution in [-0.2, 0) is 15.3 Å². The van der Waals surface area contributed by atoms with Crippen molar-refractivity contribution in [2.45, 2.75) is 48.8 Å². The lowest BCUT2D eigenvalue weighted by Crippen LogP contribution is -2.35. The van der Waals surface area contributed by atoms with Crippen molar-refractivity contribution < 1.29 is 9.59 Å². The summed E-state index contributed by atoms with van der Waals surface area (Å²) in [7, 11) is 0. The number of benzene rings is 1. The maximum Gasteiger partial charge on any atom is 0.231 e. The predicted octanol–water partition coefficient (Wildman–Crippen LogP) is 3.56. The van der Waals surface area contributed by atoms with E-state index < -0.39 is 0 Å². The van der Waals surface area contributed by atoms with E-state index in [4.69, 9.17) is 0 Å². The number of nitrogens with one attached hydrogen (secondary N) is 1. The van der Waals surface area contributed by atoms with Gasteiger partial charge in [0.2, 0.25) is 16.9 Å². The second-order valence-corrected chi connectivity index (χ2v) is 9.09. The summed E-state index contributed by atoms with van der Waals surface area (Å²) < 4.78 is 0. The van der Waals surface area contributed by atoms with Crippen molar-refractivity contribution in [2.24, 2.45) is 5.92 Å². The molecule has 1 aromatic carbocycles. The molecule has 1 aliphatic heterocycles. The quantitative estimate of drug-likeness (QED) is 0.748. The number of carbonyl (C=O) groups excluding carboxylic acids is 2. The highest BCUT2D eigenvalue weighted by molar-refractivity contribution is 7.98. The van der Waals surface area contributed by atoms with Gasteiger partial charge < -0.3 is 10.2 Å².